The molecule has 0 unspecified atom stereocenters. The van der Waals surface area contributed by atoms with E-state index in [0.717, 1.165) is 61.6 Å². The van der Waals surface area contributed by atoms with Crippen LogP contribution in [0.4, 0.5) is 17.2 Å². The predicted octanol–water partition coefficient (Wildman–Crippen LogP) is 2.45. The van der Waals surface area contributed by atoms with E-state index in [1.807, 2.05) is 37.2 Å². The second-order valence-corrected chi connectivity index (χ2v) is 10.3. The number of anilines is 3. The number of ether oxygens (including phenoxy) is 2. The van der Waals surface area contributed by atoms with Gasteiger partial charge in [0.05, 0.1) is 41.6 Å². The van der Waals surface area contributed by atoms with Crippen LogP contribution < -0.4 is 19.7 Å². The van der Waals surface area contributed by atoms with Gasteiger partial charge in [0.1, 0.15) is 17.9 Å². The summed E-state index contributed by atoms with van der Waals surface area (Å²) in [5, 5.41) is 4.11. The lowest BCUT2D eigenvalue weighted by atomic mass is 10.2. The Morgan fingerprint density at radius 1 is 1.11 bits per heavy atom. The molecule has 10 nitrogen and oxygen atoms in total. The van der Waals surface area contributed by atoms with Gasteiger partial charge in [0.15, 0.2) is 0 Å². The normalized spacial score (nSPS) is 14.7. The third-order valence-electron chi connectivity index (χ3n) is 5.88. The summed E-state index contributed by atoms with van der Waals surface area (Å²) in [5.41, 5.74) is 2.18. The number of nitrogens with zero attached hydrogens (tertiary/aromatic N) is 4. The molecule has 1 aliphatic heterocycles. The van der Waals surface area contributed by atoms with Gasteiger partial charge in [0.25, 0.3) is 0 Å². The molecule has 0 saturated carbocycles. The van der Waals surface area contributed by atoms with Gasteiger partial charge in [-0.05, 0) is 43.8 Å². The molecule has 2 aromatic carbocycles. The Balaban J connectivity index is 1.51. The summed E-state index contributed by atoms with van der Waals surface area (Å²) in [6, 6.07) is 10.7. The smallest absolute Gasteiger partial charge is 0.240 e. The van der Waals surface area contributed by atoms with Gasteiger partial charge >= 0.3 is 0 Å². The van der Waals surface area contributed by atoms with Gasteiger partial charge in [-0.2, -0.15) is 0 Å². The molecule has 0 atom stereocenters. The molecule has 0 aliphatic carbocycles. The van der Waals surface area contributed by atoms with Crippen molar-refractivity contribution in [1.29, 1.82) is 0 Å². The number of fused-ring (bicyclic) bond motifs is 1. The van der Waals surface area contributed by atoms with Crippen molar-refractivity contribution in [2.24, 2.45) is 0 Å². The summed E-state index contributed by atoms with van der Waals surface area (Å²) >= 11 is 0. The van der Waals surface area contributed by atoms with Crippen LogP contribution in [0.5, 0.6) is 5.75 Å². The van der Waals surface area contributed by atoms with Crippen LogP contribution in [0.2, 0.25) is 0 Å². The lowest BCUT2D eigenvalue weighted by Crippen LogP contribution is -2.37. The first-order valence-corrected chi connectivity index (χ1v) is 13.1. The van der Waals surface area contributed by atoms with E-state index in [0.29, 0.717) is 18.1 Å². The Hall–Kier alpha value is -2.99. The van der Waals surface area contributed by atoms with E-state index in [1.165, 1.54) is 13.4 Å². The van der Waals surface area contributed by atoms with Gasteiger partial charge in [-0.25, -0.2) is 23.1 Å². The SMILES string of the molecule is CNS(=O)(=O)c1ccc(N(C)C)c(Nc2ncnc3cc(OCCCN4CCOCC4)ccc23)c1. The highest BCUT2D eigenvalue weighted by atomic mass is 32.2. The zero-order valence-electron chi connectivity index (χ0n) is 20.3. The molecule has 4 rings (SSSR count). The monoisotopic (exact) mass is 500 g/mol. The molecule has 35 heavy (non-hydrogen) atoms. The minimum atomic E-state index is -3.59. The number of nitrogens with one attached hydrogen (secondary N) is 2. The summed E-state index contributed by atoms with van der Waals surface area (Å²) < 4.78 is 38.4. The minimum absolute atomic E-state index is 0.166. The Morgan fingerprint density at radius 3 is 2.66 bits per heavy atom. The van der Waals surface area contributed by atoms with Crippen molar-refractivity contribution in [3.8, 4) is 5.75 Å². The summed E-state index contributed by atoms with van der Waals surface area (Å²) in [6.07, 6.45) is 2.42. The van der Waals surface area contributed by atoms with E-state index in [2.05, 4.69) is 24.9 Å². The first kappa shape index (κ1) is 25.1. The van der Waals surface area contributed by atoms with Gasteiger partial charge < -0.3 is 19.7 Å². The molecule has 2 heterocycles. The highest BCUT2D eigenvalue weighted by Crippen LogP contribution is 2.32. The van der Waals surface area contributed by atoms with E-state index in [4.69, 9.17) is 9.47 Å². The van der Waals surface area contributed by atoms with E-state index < -0.39 is 10.0 Å². The zero-order chi connectivity index (χ0) is 24.8. The Morgan fingerprint density at radius 2 is 1.91 bits per heavy atom. The molecule has 0 bridgehead atoms. The second kappa shape index (κ2) is 11.2. The standard InChI is InChI=1S/C24H32N6O4S/c1-25-35(31,32)19-6-8-23(29(2)3)22(16-19)28-24-20-7-5-18(15-21(20)26-17-27-24)34-12-4-9-30-10-13-33-14-11-30/h5-8,15-17,25H,4,9-14H2,1-3H3,(H,26,27,28). The van der Waals surface area contributed by atoms with Crippen LogP contribution in [0.25, 0.3) is 10.9 Å². The second-order valence-electron chi connectivity index (χ2n) is 8.46. The van der Waals surface area contributed by atoms with E-state index in [1.54, 1.807) is 18.2 Å². The van der Waals surface area contributed by atoms with Crippen molar-refractivity contribution in [1.82, 2.24) is 19.6 Å². The third-order valence-corrected chi connectivity index (χ3v) is 7.29. The van der Waals surface area contributed by atoms with Crippen molar-refractivity contribution >= 4 is 38.1 Å². The molecule has 0 amide bonds. The Labute approximate surface area is 206 Å². The molecule has 11 heteroatoms. The quantitative estimate of drug-likeness (QED) is 0.406. The number of aromatic nitrogens is 2. The van der Waals surface area contributed by atoms with E-state index >= 15 is 0 Å². The summed E-state index contributed by atoms with van der Waals surface area (Å²) in [6.45, 7) is 5.16. The van der Waals surface area contributed by atoms with Crippen LogP contribution in [-0.4, -0.2) is 83.9 Å². The number of benzene rings is 2. The third kappa shape index (κ3) is 6.17. The molecule has 1 fully saturated rings. The van der Waals surface area contributed by atoms with Crippen molar-refractivity contribution in [2.45, 2.75) is 11.3 Å². The van der Waals surface area contributed by atoms with Gasteiger partial charge in [0.2, 0.25) is 10.0 Å². The van der Waals surface area contributed by atoms with E-state index in [9.17, 15) is 8.42 Å². The van der Waals surface area contributed by atoms with Crippen LogP contribution in [0, 0.1) is 0 Å². The van der Waals surface area contributed by atoms with E-state index in [-0.39, 0.29) is 4.90 Å². The van der Waals surface area contributed by atoms with Gasteiger partial charge in [0, 0.05) is 45.2 Å². The average molecular weight is 501 g/mol. The lowest BCUT2D eigenvalue weighted by molar-refractivity contribution is 0.0358. The molecule has 1 aliphatic rings. The molecule has 1 saturated heterocycles. The van der Waals surface area contributed by atoms with Gasteiger partial charge in [-0.15, -0.1) is 0 Å². The number of hydrogen-bond acceptors (Lipinski definition) is 9. The average Bonchev–Trinajstić information content (AvgIpc) is 2.87. The summed E-state index contributed by atoms with van der Waals surface area (Å²) in [5.74, 6) is 1.33. The minimum Gasteiger partial charge on any atom is -0.493 e. The fourth-order valence-corrected chi connectivity index (χ4v) is 4.70. The number of morpholine rings is 1. The van der Waals surface area contributed by atoms with Crippen LogP contribution in [0.3, 0.4) is 0 Å². The van der Waals surface area contributed by atoms with Crippen molar-refractivity contribution in [3.05, 3.63) is 42.7 Å². The largest absolute Gasteiger partial charge is 0.493 e. The highest BCUT2D eigenvalue weighted by molar-refractivity contribution is 7.89. The molecule has 3 aromatic rings. The highest BCUT2D eigenvalue weighted by Gasteiger charge is 2.16. The fourth-order valence-electron chi connectivity index (χ4n) is 3.95. The molecule has 2 N–H and O–H groups in total. The topological polar surface area (TPSA) is 109 Å². The maximum absolute atomic E-state index is 12.3. The first-order valence-electron chi connectivity index (χ1n) is 11.6. The molecule has 0 spiro atoms. The molecular formula is C24H32N6O4S. The first-order chi connectivity index (χ1) is 16.9. The fraction of sp³-hybridized carbons (Fsp3) is 0.417. The van der Waals surface area contributed by atoms with Crippen LogP contribution in [0.1, 0.15) is 6.42 Å². The van der Waals surface area contributed by atoms with Crippen LogP contribution in [0.15, 0.2) is 47.6 Å². The lowest BCUT2D eigenvalue weighted by Gasteiger charge is -2.26. The molecular weight excluding hydrogens is 468 g/mol. The maximum atomic E-state index is 12.3. The van der Waals surface area contributed by atoms with Crippen molar-refractivity contribution in [3.63, 3.8) is 0 Å². The Kier molecular flexibility index (Phi) is 8.01. The summed E-state index contributed by atoms with van der Waals surface area (Å²) in [4.78, 5) is 13.3. The van der Waals surface area contributed by atoms with Crippen LogP contribution >= 0.6 is 0 Å². The molecule has 188 valence electrons. The number of hydrogen-bond donors (Lipinski definition) is 2. The Bertz CT molecular complexity index is 1260. The maximum Gasteiger partial charge on any atom is 0.240 e. The number of sulfonamides is 1. The van der Waals surface area contributed by atoms with Gasteiger partial charge in [-0.3, -0.25) is 4.90 Å². The summed E-state index contributed by atoms with van der Waals surface area (Å²) in [7, 11) is 1.59. The van der Waals surface area contributed by atoms with Crippen LogP contribution in [-0.2, 0) is 14.8 Å². The zero-order valence-corrected chi connectivity index (χ0v) is 21.1. The molecule has 1 aromatic heterocycles. The predicted molar refractivity (Wildman–Crippen MR) is 137 cm³/mol. The van der Waals surface area contributed by atoms with Crippen molar-refractivity contribution < 1.29 is 17.9 Å². The molecule has 0 radical (unpaired) electrons. The number of rotatable bonds is 10. The van der Waals surface area contributed by atoms with Gasteiger partial charge in [-0.1, -0.05) is 0 Å². The van der Waals surface area contributed by atoms with Crippen molar-refractivity contribution in [2.75, 3.05) is 70.8 Å².